The lowest BCUT2D eigenvalue weighted by molar-refractivity contribution is -0.217. The normalized spacial score (nSPS) is 26.5. The lowest BCUT2D eigenvalue weighted by Gasteiger charge is -2.38. The van der Waals surface area contributed by atoms with Crippen LogP contribution in [0.25, 0.3) is 0 Å². The van der Waals surface area contributed by atoms with E-state index in [1.54, 1.807) is 0 Å². The number of rotatable bonds is 13. The summed E-state index contributed by atoms with van der Waals surface area (Å²) in [5, 5.41) is 19.9. The Morgan fingerprint density at radius 1 is 1.12 bits per heavy atom. The molecule has 2 aliphatic heterocycles. The molecule has 2 aliphatic rings. The van der Waals surface area contributed by atoms with E-state index < -0.39 is 41.6 Å². The summed E-state index contributed by atoms with van der Waals surface area (Å²) in [5.41, 5.74) is 0. The smallest absolute Gasteiger partial charge is 0.416 e. The molecule has 0 aliphatic carbocycles. The SMILES string of the molecule is CC(C)[C@H]1COC(=O)N1C(=O)[C@@H](C)[C@@H]1O[C@](O)(CCCCCCCCCCO)C(Br)=CC1=O. The molecule has 1 saturated heterocycles. The Kier molecular flexibility index (Phi) is 11.0. The van der Waals surface area contributed by atoms with Crippen LogP contribution in [0, 0.1) is 11.8 Å². The van der Waals surface area contributed by atoms with Crippen molar-refractivity contribution in [1.82, 2.24) is 4.90 Å². The monoisotopic (exact) mass is 531 g/mol. The second-order valence-corrected chi connectivity index (χ2v) is 10.3. The predicted octanol–water partition coefficient (Wildman–Crippen LogP) is 4.06. The van der Waals surface area contributed by atoms with Crippen LogP contribution in [0.15, 0.2) is 10.6 Å². The Labute approximate surface area is 204 Å². The van der Waals surface area contributed by atoms with Gasteiger partial charge in [-0.25, -0.2) is 9.69 Å². The first kappa shape index (κ1) is 28.0. The van der Waals surface area contributed by atoms with Crippen molar-refractivity contribution in [3.63, 3.8) is 0 Å². The molecule has 0 aromatic carbocycles. The first-order valence-electron chi connectivity index (χ1n) is 12.0. The fourth-order valence-electron chi connectivity index (χ4n) is 4.24. The van der Waals surface area contributed by atoms with Crippen molar-refractivity contribution in [2.75, 3.05) is 13.2 Å². The summed E-state index contributed by atoms with van der Waals surface area (Å²) in [5.74, 6) is -3.59. The number of unbranched alkanes of at least 4 members (excludes halogenated alkanes) is 7. The van der Waals surface area contributed by atoms with Gasteiger partial charge in [0.25, 0.3) is 0 Å². The predicted molar refractivity (Wildman–Crippen MR) is 126 cm³/mol. The first-order chi connectivity index (χ1) is 15.6. The second-order valence-electron chi connectivity index (χ2n) is 9.40. The maximum absolute atomic E-state index is 13.1. The molecular weight excluding hydrogens is 494 g/mol. The first-order valence-corrected chi connectivity index (χ1v) is 12.8. The Bertz CT molecular complexity index is 726. The van der Waals surface area contributed by atoms with Gasteiger partial charge in [-0.05, 0) is 40.8 Å². The van der Waals surface area contributed by atoms with E-state index in [-0.39, 0.29) is 23.6 Å². The van der Waals surface area contributed by atoms with Gasteiger partial charge < -0.3 is 19.7 Å². The Morgan fingerprint density at radius 3 is 2.27 bits per heavy atom. The van der Waals surface area contributed by atoms with Crippen LogP contribution in [0.1, 0.15) is 78.6 Å². The highest BCUT2D eigenvalue weighted by molar-refractivity contribution is 9.11. The summed E-state index contributed by atoms with van der Waals surface area (Å²) in [6.45, 7) is 5.71. The van der Waals surface area contributed by atoms with E-state index in [1.165, 1.54) is 13.0 Å². The maximum Gasteiger partial charge on any atom is 0.416 e. The van der Waals surface area contributed by atoms with Crippen molar-refractivity contribution >= 4 is 33.7 Å². The van der Waals surface area contributed by atoms with Crippen LogP contribution in [0.3, 0.4) is 0 Å². The number of imide groups is 1. The van der Waals surface area contributed by atoms with Gasteiger partial charge in [0, 0.05) is 13.0 Å². The lowest BCUT2D eigenvalue weighted by Crippen LogP contribution is -2.52. The van der Waals surface area contributed by atoms with Crippen molar-refractivity contribution in [2.24, 2.45) is 11.8 Å². The number of hydrogen-bond donors (Lipinski definition) is 2. The number of amides is 2. The van der Waals surface area contributed by atoms with Crippen molar-refractivity contribution in [2.45, 2.75) is 96.5 Å². The number of hydrogen-bond acceptors (Lipinski definition) is 7. The molecule has 188 valence electrons. The molecule has 2 N–H and O–H groups in total. The van der Waals surface area contributed by atoms with Gasteiger partial charge in [0.2, 0.25) is 5.91 Å². The van der Waals surface area contributed by atoms with Crippen LogP contribution in [0.5, 0.6) is 0 Å². The van der Waals surface area contributed by atoms with Crippen LogP contribution in [-0.4, -0.2) is 64.0 Å². The molecule has 2 amide bonds. The van der Waals surface area contributed by atoms with Crippen molar-refractivity contribution in [3.05, 3.63) is 10.6 Å². The molecule has 0 unspecified atom stereocenters. The van der Waals surface area contributed by atoms with Crippen LogP contribution in [-0.2, 0) is 19.1 Å². The van der Waals surface area contributed by atoms with Gasteiger partial charge in [-0.1, -0.05) is 59.3 Å². The zero-order valence-electron chi connectivity index (χ0n) is 19.9. The van der Waals surface area contributed by atoms with Crippen molar-refractivity contribution < 1.29 is 34.1 Å². The van der Waals surface area contributed by atoms with Gasteiger partial charge in [0.05, 0.1) is 16.4 Å². The maximum atomic E-state index is 13.1. The molecular formula is C24H38BrNO7. The molecule has 1 fully saturated rings. The third kappa shape index (κ3) is 7.34. The molecule has 0 aromatic heterocycles. The van der Waals surface area contributed by atoms with Gasteiger partial charge in [0.1, 0.15) is 12.7 Å². The zero-order valence-corrected chi connectivity index (χ0v) is 21.5. The van der Waals surface area contributed by atoms with Crippen LogP contribution in [0.2, 0.25) is 0 Å². The molecule has 0 spiro atoms. The van der Waals surface area contributed by atoms with E-state index in [4.69, 9.17) is 14.6 Å². The van der Waals surface area contributed by atoms with Crippen LogP contribution >= 0.6 is 15.9 Å². The number of carbonyl (C=O) groups excluding carboxylic acids is 3. The standard InChI is InChI=1S/C24H38BrNO7/c1-16(2)18-15-32-23(30)26(18)22(29)17(3)21-19(28)14-20(25)24(31,33-21)12-10-8-6-4-5-7-9-11-13-27/h14,16-18,21,27,31H,4-13,15H2,1-3H3/t17-,18+,21-,24+/m0/s1. The number of nitrogens with zero attached hydrogens (tertiary/aromatic N) is 1. The average molecular weight is 532 g/mol. The van der Waals surface area contributed by atoms with E-state index in [2.05, 4.69) is 15.9 Å². The molecule has 9 heteroatoms. The average Bonchev–Trinajstić information content (AvgIpc) is 3.16. The summed E-state index contributed by atoms with van der Waals surface area (Å²) in [7, 11) is 0. The largest absolute Gasteiger partial charge is 0.447 e. The third-order valence-electron chi connectivity index (χ3n) is 6.42. The van der Waals surface area contributed by atoms with Gasteiger partial charge in [0.15, 0.2) is 11.6 Å². The number of cyclic esters (lactones) is 1. The quantitative estimate of drug-likeness (QED) is 0.344. The third-order valence-corrected chi connectivity index (χ3v) is 7.27. The molecule has 0 radical (unpaired) electrons. The van der Waals surface area contributed by atoms with Crippen molar-refractivity contribution in [1.29, 1.82) is 0 Å². The van der Waals surface area contributed by atoms with Gasteiger partial charge in [-0.2, -0.15) is 0 Å². The molecule has 2 rings (SSSR count). The highest BCUT2D eigenvalue weighted by atomic mass is 79.9. The Morgan fingerprint density at radius 2 is 1.70 bits per heavy atom. The summed E-state index contributed by atoms with van der Waals surface area (Å²) in [6, 6.07) is -0.393. The van der Waals surface area contributed by atoms with Gasteiger partial charge in [-0.15, -0.1) is 0 Å². The summed E-state index contributed by atoms with van der Waals surface area (Å²) in [6.07, 6.45) is 7.54. The van der Waals surface area contributed by atoms with Gasteiger partial charge in [-0.3, -0.25) is 9.59 Å². The topological polar surface area (TPSA) is 113 Å². The van der Waals surface area contributed by atoms with E-state index in [0.717, 1.165) is 49.8 Å². The summed E-state index contributed by atoms with van der Waals surface area (Å²) < 4.78 is 11.1. The van der Waals surface area contributed by atoms with E-state index in [1.807, 2.05) is 13.8 Å². The highest BCUT2D eigenvalue weighted by Crippen LogP contribution is 2.37. The Balaban J connectivity index is 1.92. The molecule has 0 aromatic rings. The lowest BCUT2D eigenvalue weighted by atomic mass is 9.93. The molecule has 4 atom stereocenters. The molecule has 8 nitrogen and oxygen atoms in total. The minimum Gasteiger partial charge on any atom is -0.447 e. The highest BCUT2D eigenvalue weighted by Gasteiger charge is 2.48. The number of carbonyl (C=O) groups is 3. The van der Waals surface area contributed by atoms with Crippen LogP contribution < -0.4 is 0 Å². The molecule has 0 saturated carbocycles. The van der Waals surface area contributed by atoms with Gasteiger partial charge >= 0.3 is 6.09 Å². The fourth-order valence-corrected chi connectivity index (χ4v) is 4.75. The van der Waals surface area contributed by atoms with E-state index >= 15 is 0 Å². The number of ketones is 1. The van der Waals surface area contributed by atoms with Crippen LogP contribution in [0.4, 0.5) is 4.79 Å². The van der Waals surface area contributed by atoms with E-state index in [0.29, 0.717) is 12.8 Å². The molecule has 33 heavy (non-hydrogen) atoms. The molecule has 2 heterocycles. The summed E-state index contributed by atoms with van der Waals surface area (Å²) >= 11 is 3.26. The number of aliphatic hydroxyl groups is 2. The zero-order chi connectivity index (χ0) is 24.6. The number of aliphatic hydroxyl groups excluding tert-OH is 1. The number of halogens is 1. The van der Waals surface area contributed by atoms with Crippen molar-refractivity contribution in [3.8, 4) is 0 Å². The second kappa shape index (κ2) is 13.0. The molecule has 0 bridgehead atoms. The van der Waals surface area contributed by atoms with E-state index in [9.17, 15) is 19.5 Å². The summed E-state index contributed by atoms with van der Waals surface area (Å²) in [4.78, 5) is 39.0. The fraction of sp³-hybridized carbons (Fsp3) is 0.792. The number of ether oxygens (including phenoxy) is 2. The minimum absolute atomic E-state index is 0.0104. The Hall–Kier alpha value is -1.29. The minimum atomic E-state index is -1.68.